The maximum atomic E-state index is 5.19. The normalized spacial score (nSPS) is 23.2. The van der Waals surface area contributed by atoms with E-state index in [1.807, 2.05) is 12.3 Å². The lowest BCUT2D eigenvalue weighted by Crippen LogP contribution is -2.30. The fraction of sp³-hybridized carbons (Fsp3) is 0.438. The van der Waals surface area contributed by atoms with E-state index < -0.39 is 0 Å². The van der Waals surface area contributed by atoms with Gasteiger partial charge in [0.1, 0.15) is 5.82 Å². The summed E-state index contributed by atoms with van der Waals surface area (Å²) in [6.07, 6.45) is 3.62. The molecule has 2 aromatic rings. The minimum Gasteiger partial charge on any atom is -0.481 e. The Labute approximate surface area is 143 Å². The SMILES string of the molecule is COc1ccnc(N2CC3CN(c4ccc(Br)cn4)CC3C2)n1. The van der Waals surface area contributed by atoms with Crippen LogP contribution < -0.4 is 14.5 Å². The lowest BCUT2D eigenvalue weighted by molar-refractivity contribution is 0.397. The highest BCUT2D eigenvalue weighted by atomic mass is 79.9. The van der Waals surface area contributed by atoms with E-state index in [2.05, 4.69) is 46.7 Å². The van der Waals surface area contributed by atoms with Crippen LogP contribution in [-0.2, 0) is 0 Å². The largest absolute Gasteiger partial charge is 0.481 e. The Hall–Kier alpha value is -1.89. The smallest absolute Gasteiger partial charge is 0.228 e. The summed E-state index contributed by atoms with van der Waals surface area (Å²) in [6, 6.07) is 5.90. The molecule has 0 aromatic carbocycles. The van der Waals surface area contributed by atoms with Gasteiger partial charge in [-0.05, 0) is 28.1 Å². The van der Waals surface area contributed by atoms with Crippen LogP contribution in [0.2, 0.25) is 0 Å². The number of fused-ring (bicyclic) bond motifs is 1. The molecule has 120 valence electrons. The fourth-order valence-electron chi connectivity index (χ4n) is 3.50. The Morgan fingerprint density at radius 1 is 1.04 bits per heavy atom. The average molecular weight is 376 g/mol. The van der Waals surface area contributed by atoms with Gasteiger partial charge >= 0.3 is 0 Å². The number of hydrogen-bond acceptors (Lipinski definition) is 6. The van der Waals surface area contributed by atoms with Gasteiger partial charge in [-0.3, -0.25) is 0 Å². The molecule has 2 aliphatic rings. The maximum absolute atomic E-state index is 5.19. The van der Waals surface area contributed by atoms with Crippen LogP contribution >= 0.6 is 15.9 Å². The van der Waals surface area contributed by atoms with Gasteiger partial charge in [0.2, 0.25) is 11.8 Å². The minimum atomic E-state index is 0.618. The topological polar surface area (TPSA) is 54.4 Å². The molecule has 2 saturated heterocycles. The van der Waals surface area contributed by atoms with Crippen LogP contribution in [0.15, 0.2) is 35.1 Å². The first kappa shape index (κ1) is 14.7. The van der Waals surface area contributed by atoms with E-state index in [9.17, 15) is 0 Å². The van der Waals surface area contributed by atoms with E-state index in [0.717, 1.165) is 42.4 Å². The number of aromatic nitrogens is 3. The number of halogens is 1. The van der Waals surface area contributed by atoms with Crippen molar-refractivity contribution in [3.63, 3.8) is 0 Å². The molecule has 2 unspecified atom stereocenters. The van der Waals surface area contributed by atoms with Crippen LogP contribution in [0.1, 0.15) is 0 Å². The van der Waals surface area contributed by atoms with E-state index in [-0.39, 0.29) is 0 Å². The lowest BCUT2D eigenvalue weighted by atomic mass is 10.0. The number of rotatable bonds is 3. The Kier molecular flexibility index (Phi) is 3.80. The van der Waals surface area contributed by atoms with Gasteiger partial charge in [0.15, 0.2) is 0 Å². The van der Waals surface area contributed by atoms with Gasteiger partial charge in [-0.25, -0.2) is 9.97 Å². The molecule has 0 amide bonds. The number of pyridine rings is 1. The van der Waals surface area contributed by atoms with Crippen molar-refractivity contribution >= 4 is 27.7 Å². The summed E-state index contributed by atoms with van der Waals surface area (Å²) in [6.45, 7) is 4.06. The fourth-order valence-corrected chi connectivity index (χ4v) is 3.73. The molecule has 2 aromatic heterocycles. The van der Waals surface area contributed by atoms with Gasteiger partial charge in [0.25, 0.3) is 0 Å². The Balaban J connectivity index is 1.44. The zero-order chi connectivity index (χ0) is 15.8. The zero-order valence-corrected chi connectivity index (χ0v) is 14.5. The van der Waals surface area contributed by atoms with Gasteiger partial charge in [0, 0.05) is 60.9 Å². The summed E-state index contributed by atoms with van der Waals surface area (Å²) in [5, 5.41) is 0. The molecule has 2 fully saturated rings. The quantitative estimate of drug-likeness (QED) is 0.819. The summed E-state index contributed by atoms with van der Waals surface area (Å²) >= 11 is 3.44. The summed E-state index contributed by atoms with van der Waals surface area (Å²) in [7, 11) is 1.63. The van der Waals surface area contributed by atoms with Crippen LogP contribution in [0.5, 0.6) is 5.88 Å². The molecule has 0 radical (unpaired) electrons. The van der Waals surface area contributed by atoms with Crippen molar-refractivity contribution in [1.82, 2.24) is 15.0 Å². The van der Waals surface area contributed by atoms with Crippen LogP contribution in [0.3, 0.4) is 0 Å². The second-order valence-electron chi connectivity index (χ2n) is 6.06. The second-order valence-corrected chi connectivity index (χ2v) is 6.98. The molecule has 2 aliphatic heterocycles. The number of anilines is 2. The molecule has 4 heterocycles. The maximum Gasteiger partial charge on any atom is 0.228 e. The first-order chi connectivity index (χ1) is 11.2. The van der Waals surface area contributed by atoms with Crippen molar-refractivity contribution in [1.29, 1.82) is 0 Å². The van der Waals surface area contributed by atoms with Crippen LogP contribution in [-0.4, -0.2) is 48.2 Å². The number of ether oxygens (including phenoxy) is 1. The first-order valence-electron chi connectivity index (χ1n) is 7.71. The predicted octanol–water partition coefficient (Wildman–Crippen LogP) is 2.22. The minimum absolute atomic E-state index is 0.618. The molecule has 23 heavy (non-hydrogen) atoms. The average Bonchev–Trinajstić information content (AvgIpc) is 3.14. The van der Waals surface area contributed by atoms with E-state index in [1.54, 1.807) is 19.4 Å². The molecule has 0 bridgehead atoms. The number of hydrogen-bond donors (Lipinski definition) is 0. The van der Waals surface area contributed by atoms with Crippen LogP contribution in [0.4, 0.5) is 11.8 Å². The molecule has 7 heteroatoms. The third-order valence-electron chi connectivity index (χ3n) is 4.63. The highest BCUT2D eigenvalue weighted by Gasteiger charge is 2.41. The van der Waals surface area contributed by atoms with Crippen molar-refractivity contribution in [2.24, 2.45) is 11.8 Å². The van der Waals surface area contributed by atoms with Gasteiger partial charge in [0.05, 0.1) is 7.11 Å². The zero-order valence-electron chi connectivity index (χ0n) is 12.9. The summed E-state index contributed by atoms with van der Waals surface area (Å²) in [5.74, 6) is 3.72. The van der Waals surface area contributed by atoms with Crippen molar-refractivity contribution in [2.45, 2.75) is 0 Å². The van der Waals surface area contributed by atoms with Crippen molar-refractivity contribution in [3.05, 3.63) is 35.1 Å². The van der Waals surface area contributed by atoms with Gasteiger partial charge < -0.3 is 14.5 Å². The van der Waals surface area contributed by atoms with Crippen molar-refractivity contribution < 1.29 is 4.74 Å². The lowest BCUT2D eigenvalue weighted by Gasteiger charge is -2.22. The molecular weight excluding hydrogens is 358 g/mol. The number of methoxy groups -OCH3 is 1. The van der Waals surface area contributed by atoms with E-state index in [0.29, 0.717) is 17.7 Å². The first-order valence-corrected chi connectivity index (χ1v) is 8.50. The van der Waals surface area contributed by atoms with Gasteiger partial charge in [-0.1, -0.05) is 0 Å². The summed E-state index contributed by atoms with van der Waals surface area (Å²) in [5.41, 5.74) is 0. The van der Waals surface area contributed by atoms with E-state index in [4.69, 9.17) is 4.74 Å². The van der Waals surface area contributed by atoms with E-state index in [1.165, 1.54) is 0 Å². The van der Waals surface area contributed by atoms with Gasteiger partial charge in [-0.15, -0.1) is 0 Å². The molecule has 4 rings (SSSR count). The molecule has 0 spiro atoms. The Bertz CT molecular complexity index is 681. The third-order valence-corrected chi connectivity index (χ3v) is 5.10. The summed E-state index contributed by atoms with van der Waals surface area (Å²) in [4.78, 5) is 18.0. The van der Waals surface area contributed by atoms with Crippen LogP contribution in [0.25, 0.3) is 0 Å². The predicted molar refractivity (Wildman–Crippen MR) is 91.9 cm³/mol. The molecule has 2 atom stereocenters. The molecule has 6 nitrogen and oxygen atoms in total. The van der Waals surface area contributed by atoms with Crippen LogP contribution in [0, 0.1) is 11.8 Å². The third kappa shape index (κ3) is 2.85. The Morgan fingerprint density at radius 2 is 1.78 bits per heavy atom. The molecule has 0 aliphatic carbocycles. The number of nitrogens with zero attached hydrogens (tertiary/aromatic N) is 5. The molecule has 0 N–H and O–H groups in total. The Morgan fingerprint density at radius 3 is 2.43 bits per heavy atom. The molecule has 0 saturated carbocycles. The van der Waals surface area contributed by atoms with E-state index >= 15 is 0 Å². The second kappa shape index (κ2) is 5.96. The standard InChI is InChI=1S/C16H18BrN5O/c1-23-15-4-5-18-16(20-15)22-9-11-7-21(8-12(11)10-22)14-3-2-13(17)6-19-14/h2-6,11-12H,7-10H2,1H3. The highest BCUT2D eigenvalue weighted by Crippen LogP contribution is 2.34. The van der Waals surface area contributed by atoms with Crippen molar-refractivity contribution in [2.75, 3.05) is 43.1 Å². The molecular formula is C16H18BrN5O. The van der Waals surface area contributed by atoms with Gasteiger partial charge in [-0.2, -0.15) is 4.98 Å². The summed E-state index contributed by atoms with van der Waals surface area (Å²) < 4.78 is 6.21. The monoisotopic (exact) mass is 375 g/mol. The highest BCUT2D eigenvalue weighted by molar-refractivity contribution is 9.10. The van der Waals surface area contributed by atoms with Crippen molar-refractivity contribution in [3.8, 4) is 5.88 Å².